The molecule has 0 bridgehead atoms. The van der Waals surface area contributed by atoms with Gasteiger partial charge in [0, 0.05) is 22.9 Å². The van der Waals surface area contributed by atoms with Gasteiger partial charge in [0.1, 0.15) is 0 Å². The Kier molecular flexibility index (Phi) is 3.07. The lowest BCUT2D eigenvalue weighted by Gasteiger charge is -2.24. The number of amides is 1. The van der Waals surface area contributed by atoms with Crippen molar-refractivity contribution in [3.8, 4) is 11.3 Å². The van der Waals surface area contributed by atoms with Gasteiger partial charge in [0.15, 0.2) is 0 Å². The predicted octanol–water partition coefficient (Wildman–Crippen LogP) is 3.12. The quantitative estimate of drug-likeness (QED) is 0.885. The van der Waals surface area contributed by atoms with E-state index in [4.69, 9.17) is 0 Å². The molecule has 0 aliphatic heterocycles. The summed E-state index contributed by atoms with van der Waals surface area (Å²) < 4.78 is 0. The van der Waals surface area contributed by atoms with E-state index in [1.807, 2.05) is 31.2 Å². The van der Waals surface area contributed by atoms with Crippen molar-refractivity contribution in [1.29, 1.82) is 0 Å². The van der Waals surface area contributed by atoms with Crippen LogP contribution in [0.1, 0.15) is 25.0 Å². The normalized spacial score (nSPS) is 15.0. The van der Waals surface area contributed by atoms with E-state index in [0.29, 0.717) is 0 Å². The van der Waals surface area contributed by atoms with Crippen LogP contribution in [0.15, 0.2) is 30.6 Å². The van der Waals surface area contributed by atoms with Gasteiger partial charge in [0.2, 0.25) is 5.91 Å². The van der Waals surface area contributed by atoms with Crippen LogP contribution in [-0.2, 0) is 4.79 Å². The molecule has 19 heavy (non-hydrogen) atoms. The van der Waals surface area contributed by atoms with Gasteiger partial charge >= 0.3 is 0 Å². The maximum Gasteiger partial charge on any atom is 0.227 e. The van der Waals surface area contributed by atoms with Crippen molar-refractivity contribution in [2.45, 2.75) is 26.2 Å². The van der Waals surface area contributed by atoms with E-state index in [1.165, 1.54) is 6.42 Å². The average Bonchev–Trinajstić information content (AvgIpc) is 2.73. The van der Waals surface area contributed by atoms with E-state index in [0.717, 1.165) is 35.5 Å². The highest BCUT2D eigenvalue weighted by Crippen LogP contribution is 2.28. The molecule has 0 spiro atoms. The zero-order valence-electron chi connectivity index (χ0n) is 10.9. The minimum atomic E-state index is 0.141. The number of anilines is 1. The average molecular weight is 255 g/mol. The van der Waals surface area contributed by atoms with Crippen LogP contribution in [0.2, 0.25) is 0 Å². The molecule has 0 saturated heterocycles. The lowest BCUT2D eigenvalue weighted by atomic mass is 9.85. The van der Waals surface area contributed by atoms with Gasteiger partial charge in [-0.05, 0) is 31.9 Å². The van der Waals surface area contributed by atoms with Crippen molar-refractivity contribution < 1.29 is 4.79 Å². The number of carbonyl (C=O) groups excluding carboxylic acids is 1. The maximum absolute atomic E-state index is 11.9. The standard InChI is InChI=1S/C15H17N3O/c1-10-14(17-9-16-10)12-6-3-7-13(8-12)18-15(19)11-4-2-5-11/h3,6-9,11H,2,4-5H2,1H3,(H,16,17)(H,18,19). The van der Waals surface area contributed by atoms with Crippen LogP contribution < -0.4 is 5.32 Å². The van der Waals surface area contributed by atoms with Crippen molar-refractivity contribution in [2.75, 3.05) is 5.32 Å². The van der Waals surface area contributed by atoms with E-state index >= 15 is 0 Å². The molecule has 4 heteroatoms. The number of nitrogens with zero attached hydrogens (tertiary/aromatic N) is 1. The summed E-state index contributed by atoms with van der Waals surface area (Å²) in [6.07, 6.45) is 4.89. The Labute approximate surface area is 112 Å². The van der Waals surface area contributed by atoms with Crippen molar-refractivity contribution in [3.05, 3.63) is 36.3 Å². The molecule has 2 N–H and O–H groups in total. The van der Waals surface area contributed by atoms with Gasteiger partial charge in [0.05, 0.1) is 12.0 Å². The van der Waals surface area contributed by atoms with Crippen molar-refractivity contribution >= 4 is 11.6 Å². The third kappa shape index (κ3) is 2.38. The number of aryl methyl sites for hydroxylation is 1. The summed E-state index contributed by atoms with van der Waals surface area (Å²) in [4.78, 5) is 19.3. The largest absolute Gasteiger partial charge is 0.348 e. The SMILES string of the molecule is Cc1[nH]cnc1-c1cccc(NC(=O)C2CCC2)c1. The summed E-state index contributed by atoms with van der Waals surface area (Å²) >= 11 is 0. The lowest BCUT2D eigenvalue weighted by Crippen LogP contribution is -2.27. The topological polar surface area (TPSA) is 57.8 Å². The Hall–Kier alpha value is -2.10. The molecule has 4 nitrogen and oxygen atoms in total. The Morgan fingerprint density at radius 3 is 2.89 bits per heavy atom. The van der Waals surface area contributed by atoms with Crippen LogP contribution in [-0.4, -0.2) is 15.9 Å². The van der Waals surface area contributed by atoms with E-state index in [1.54, 1.807) is 6.33 Å². The smallest absolute Gasteiger partial charge is 0.227 e. The third-order valence-corrected chi connectivity index (χ3v) is 3.71. The first kappa shape index (κ1) is 12.0. The minimum Gasteiger partial charge on any atom is -0.348 e. The number of nitrogens with one attached hydrogen (secondary N) is 2. The number of aromatic amines is 1. The number of aromatic nitrogens is 2. The van der Waals surface area contributed by atoms with Gasteiger partial charge in [-0.1, -0.05) is 18.6 Å². The van der Waals surface area contributed by atoms with E-state index in [-0.39, 0.29) is 11.8 Å². The van der Waals surface area contributed by atoms with E-state index < -0.39 is 0 Å². The zero-order chi connectivity index (χ0) is 13.2. The maximum atomic E-state index is 11.9. The second kappa shape index (κ2) is 4.88. The summed E-state index contributed by atoms with van der Waals surface area (Å²) in [5, 5.41) is 2.99. The van der Waals surface area contributed by atoms with E-state index in [2.05, 4.69) is 15.3 Å². The third-order valence-electron chi connectivity index (χ3n) is 3.71. The summed E-state index contributed by atoms with van der Waals surface area (Å²) in [6, 6.07) is 7.84. The minimum absolute atomic E-state index is 0.141. The Bertz CT molecular complexity index is 599. The summed E-state index contributed by atoms with van der Waals surface area (Å²) in [5.41, 5.74) is 3.82. The number of hydrogen-bond donors (Lipinski definition) is 2. The van der Waals surface area contributed by atoms with Crippen LogP contribution in [0.25, 0.3) is 11.3 Å². The first-order valence-corrected chi connectivity index (χ1v) is 6.65. The molecule has 1 aromatic carbocycles. The summed E-state index contributed by atoms with van der Waals surface area (Å²) in [6.45, 7) is 1.99. The fraction of sp³-hybridized carbons (Fsp3) is 0.333. The van der Waals surface area contributed by atoms with Crippen LogP contribution in [0, 0.1) is 12.8 Å². The molecule has 1 amide bonds. The van der Waals surface area contributed by atoms with Crippen molar-refractivity contribution in [2.24, 2.45) is 5.92 Å². The molecule has 1 fully saturated rings. The molecule has 0 unspecified atom stereocenters. The number of carbonyl (C=O) groups is 1. The molecule has 98 valence electrons. The van der Waals surface area contributed by atoms with Gasteiger partial charge in [-0.25, -0.2) is 4.98 Å². The number of imidazole rings is 1. The zero-order valence-corrected chi connectivity index (χ0v) is 10.9. The van der Waals surface area contributed by atoms with Crippen LogP contribution in [0.3, 0.4) is 0 Å². The fourth-order valence-electron chi connectivity index (χ4n) is 2.31. The molecular formula is C15H17N3O. The highest BCUT2D eigenvalue weighted by Gasteiger charge is 2.25. The molecular weight excluding hydrogens is 238 g/mol. The number of rotatable bonds is 3. The van der Waals surface area contributed by atoms with Gasteiger partial charge in [-0.3, -0.25) is 4.79 Å². The Balaban J connectivity index is 1.80. The second-order valence-electron chi connectivity index (χ2n) is 5.07. The molecule has 1 saturated carbocycles. The van der Waals surface area contributed by atoms with Crippen LogP contribution in [0.5, 0.6) is 0 Å². The Morgan fingerprint density at radius 1 is 1.42 bits per heavy atom. The second-order valence-corrected chi connectivity index (χ2v) is 5.07. The highest BCUT2D eigenvalue weighted by atomic mass is 16.1. The Morgan fingerprint density at radius 2 is 2.26 bits per heavy atom. The first-order valence-electron chi connectivity index (χ1n) is 6.65. The first-order chi connectivity index (χ1) is 9.24. The van der Waals surface area contributed by atoms with Gasteiger partial charge in [0.25, 0.3) is 0 Å². The molecule has 2 aromatic rings. The highest BCUT2D eigenvalue weighted by molar-refractivity contribution is 5.93. The summed E-state index contributed by atoms with van der Waals surface area (Å²) in [7, 11) is 0. The fourth-order valence-corrected chi connectivity index (χ4v) is 2.31. The molecule has 1 heterocycles. The number of benzene rings is 1. The summed E-state index contributed by atoms with van der Waals surface area (Å²) in [5.74, 6) is 0.345. The lowest BCUT2D eigenvalue weighted by molar-refractivity contribution is -0.122. The number of H-pyrrole nitrogens is 1. The monoisotopic (exact) mass is 255 g/mol. The van der Waals surface area contributed by atoms with Gasteiger partial charge < -0.3 is 10.3 Å². The number of hydrogen-bond acceptors (Lipinski definition) is 2. The molecule has 1 aliphatic carbocycles. The van der Waals surface area contributed by atoms with Crippen molar-refractivity contribution in [3.63, 3.8) is 0 Å². The molecule has 0 radical (unpaired) electrons. The van der Waals surface area contributed by atoms with Crippen LogP contribution in [0.4, 0.5) is 5.69 Å². The van der Waals surface area contributed by atoms with Crippen LogP contribution >= 0.6 is 0 Å². The van der Waals surface area contributed by atoms with Gasteiger partial charge in [-0.15, -0.1) is 0 Å². The van der Waals surface area contributed by atoms with E-state index in [9.17, 15) is 4.79 Å². The predicted molar refractivity (Wildman–Crippen MR) is 74.7 cm³/mol. The molecule has 1 aliphatic rings. The molecule has 3 rings (SSSR count). The molecule has 0 atom stereocenters. The molecule has 1 aromatic heterocycles. The van der Waals surface area contributed by atoms with Gasteiger partial charge in [-0.2, -0.15) is 0 Å². The van der Waals surface area contributed by atoms with Crippen molar-refractivity contribution in [1.82, 2.24) is 9.97 Å².